The van der Waals surface area contributed by atoms with Gasteiger partial charge in [0.05, 0.1) is 12.7 Å². The highest BCUT2D eigenvalue weighted by molar-refractivity contribution is 7.17. The van der Waals surface area contributed by atoms with Crippen LogP contribution in [0.5, 0.6) is 0 Å². The van der Waals surface area contributed by atoms with Crippen molar-refractivity contribution in [2.24, 2.45) is 0 Å². The molecule has 25 heavy (non-hydrogen) atoms. The molecule has 0 radical (unpaired) electrons. The fraction of sp³-hybridized carbons (Fsp3) is 0.267. The highest BCUT2D eigenvalue weighted by Crippen LogP contribution is 2.35. The van der Waals surface area contributed by atoms with Gasteiger partial charge >= 0.3 is 0 Å². The van der Waals surface area contributed by atoms with Crippen molar-refractivity contribution in [1.82, 2.24) is 15.2 Å². The van der Waals surface area contributed by atoms with Crippen LogP contribution < -0.4 is 5.32 Å². The molecule has 132 valence electrons. The standard InChI is InChI=1S/C15H14F3N4OPS/c1-8(16)13-21-22-14(23-13)11-6-20-12(25-11)7-19-10-4-2-3-9(5-10)15(17,18)24/h2-6,8,19H,7,24H2,1H3. The van der Waals surface area contributed by atoms with Gasteiger partial charge < -0.3 is 9.73 Å². The van der Waals surface area contributed by atoms with Crippen LogP contribution in [-0.2, 0) is 12.2 Å². The molecule has 2 heterocycles. The molecule has 3 aromatic rings. The van der Waals surface area contributed by atoms with Crippen molar-refractivity contribution in [3.63, 3.8) is 0 Å². The summed E-state index contributed by atoms with van der Waals surface area (Å²) in [6, 6.07) is 6.00. The van der Waals surface area contributed by atoms with Crippen molar-refractivity contribution < 1.29 is 17.6 Å². The van der Waals surface area contributed by atoms with Gasteiger partial charge in [-0.15, -0.1) is 21.5 Å². The van der Waals surface area contributed by atoms with Crippen LogP contribution in [0.2, 0.25) is 0 Å². The second kappa shape index (κ2) is 7.09. The van der Waals surface area contributed by atoms with Crippen molar-refractivity contribution in [2.75, 3.05) is 5.32 Å². The van der Waals surface area contributed by atoms with Gasteiger partial charge in [0.2, 0.25) is 0 Å². The number of aromatic nitrogens is 3. The maximum atomic E-state index is 13.3. The van der Waals surface area contributed by atoms with Crippen LogP contribution in [-0.4, -0.2) is 15.2 Å². The Bertz CT molecular complexity index is 862. The summed E-state index contributed by atoms with van der Waals surface area (Å²) in [6.07, 6.45) is 0.215. The second-order valence-corrected chi connectivity index (χ2v) is 7.08. The topological polar surface area (TPSA) is 63.8 Å². The van der Waals surface area contributed by atoms with E-state index < -0.39 is 11.8 Å². The van der Waals surface area contributed by atoms with Gasteiger partial charge in [0.15, 0.2) is 6.17 Å². The zero-order chi connectivity index (χ0) is 18.0. The largest absolute Gasteiger partial charge is 0.417 e. The minimum Gasteiger partial charge on any atom is -0.417 e. The first-order chi connectivity index (χ1) is 11.8. The quantitative estimate of drug-likeness (QED) is 0.619. The number of nitrogens with one attached hydrogen (secondary N) is 1. The first-order valence-electron chi connectivity index (χ1n) is 7.26. The summed E-state index contributed by atoms with van der Waals surface area (Å²) >= 11 is 1.30. The Hall–Kier alpha value is -1.99. The van der Waals surface area contributed by atoms with Crippen LogP contribution in [0.25, 0.3) is 10.8 Å². The molecule has 0 aliphatic carbocycles. The number of halogens is 3. The SMILES string of the molecule is CC(F)c1nnc(-c2cnc(CNc3cccc(C(F)(F)P)c3)s2)o1. The smallest absolute Gasteiger partial charge is 0.283 e. The molecule has 0 aliphatic heterocycles. The third-order valence-electron chi connectivity index (χ3n) is 3.24. The predicted molar refractivity (Wildman–Crippen MR) is 92.3 cm³/mol. The molecule has 10 heteroatoms. The van der Waals surface area contributed by atoms with Crippen LogP contribution in [0.4, 0.5) is 18.9 Å². The van der Waals surface area contributed by atoms with Crippen LogP contribution in [0, 0.1) is 0 Å². The third kappa shape index (κ3) is 4.35. The zero-order valence-corrected chi connectivity index (χ0v) is 15.0. The average Bonchev–Trinajstić information content (AvgIpc) is 3.21. The normalized spacial score (nSPS) is 13.0. The summed E-state index contributed by atoms with van der Waals surface area (Å²) in [5.74, 6) is 0.117. The maximum absolute atomic E-state index is 13.3. The first kappa shape index (κ1) is 17.8. The Kier molecular flexibility index (Phi) is 5.06. The summed E-state index contributed by atoms with van der Waals surface area (Å²) < 4.78 is 45.0. The molecule has 0 saturated heterocycles. The molecule has 2 aromatic heterocycles. The fourth-order valence-corrected chi connectivity index (χ4v) is 2.96. The Morgan fingerprint density at radius 1 is 1.36 bits per heavy atom. The summed E-state index contributed by atoms with van der Waals surface area (Å²) in [5, 5.41) is 11.2. The molecule has 2 unspecified atom stereocenters. The number of nitrogens with zero attached hydrogens (tertiary/aromatic N) is 3. The molecule has 5 nitrogen and oxygen atoms in total. The molecule has 0 aliphatic rings. The molecule has 0 fully saturated rings. The monoisotopic (exact) mass is 386 g/mol. The van der Waals surface area contributed by atoms with Crippen LogP contribution in [0.1, 0.15) is 29.6 Å². The lowest BCUT2D eigenvalue weighted by Crippen LogP contribution is -2.04. The number of hydrogen-bond acceptors (Lipinski definition) is 6. The number of hydrogen-bond donors (Lipinski definition) is 1. The van der Waals surface area contributed by atoms with Crippen molar-refractivity contribution in [1.29, 1.82) is 0 Å². The molecule has 1 aromatic carbocycles. The summed E-state index contributed by atoms with van der Waals surface area (Å²) in [7, 11) is 1.51. The summed E-state index contributed by atoms with van der Waals surface area (Å²) in [4.78, 5) is 4.83. The van der Waals surface area contributed by atoms with Crippen molar-refractivity contribution in [3.8, 4) is 10.8 Å². The minimum absolute atomic E-state index is 0.0850. The van der Waals surface area contributed by atoms with Crippen molar-refractivity contribution in [2.45, 2.75) is 25.3 Å². The van der Waals surface area contributed by atoms with E-state index in [0.29, 0.717) is 22.1 Å². The maximum Gasteiger partial charge on any atom is 0.283 e. The average molecular weight is 386 g/mol. The first-order valence-corrected chi connectivity index (χ1v) is 8.66. The van der Waals surface area contributed by atoms with E-state index in [1.165, 1.54) is 39.6 Å². The number of anilines is 1. The van der Waals surface area contributed by atoms with E-state index in [0.717, 1.165) is 0 Å². The number of rotatable bonds is 6. The van der Waals surface area contributed by atoms with E-state index >= 15 is 0 Å². The van der Waals surface area contributed by atoms with Gasteiger partial charge in [-0.25, -0.2) is 9.37 Å². The van der Waals surface area contributed by atoms with Gasteiger partial charge in [0, 0.05) is 11.3 Å². The summed E-state index contributed by atoms with van der Waals surface area (Å²) in [5.41, 5.74) is -2.52. The molecule has 0 bridgehead atoms. The lowest BCUT2D eigenvalue weighted by Gasteiger charge is -2.12. The molecule has 1 N–H and O–H groups in total. The van der Waals surface area contributed by atoms with Gasteiger partial charge in [-0.3, -0.25) is 0 Å². The van der Waals surface area contributed by atoms with Gasteiger partial charge in [0.1, 0.15) is 9.88 Å². The van der Waals surface area contributed by atoms with Gasteiger partial charge in [-0.2, -0.15) is 8.78 Å². The highest BCUT2D eigenvalue weighted by Gasteiger charge is 2.24. The predicted octanol–water partition coefficient (Wildman–Crippen LogP) is 4.76. The van der Waals surface area contributed by atoms with E-state index in [4.69, 9.17) is 4.42 Å². The van der Waals surface area contributed by atoms with E-state index in [2.05, 4.69) is 20.5 Å². The van der Waals surface area contributed by atoms with Crippen LogP contribution >= 0.6 is 20.6 Å². The number of alkyl halides is 3. The van der Waals surface area contributed by atoms with Crippen LogP contribution in [0.15, 0.2) is 34.9 Å². The fourth-order valence-electron chi connectivity index (χ4n) is 2.00. The Labute approximate surface area is 147 Å². The number of thiazole rings is 1. The van der Waals surface area contributed by atoms with Gasteiger partial charge in [-0.05, 0) is 19.1 Å². The van der Waals surface area contributed by atoms with Gasteiger partial charge in [0.25, 0.3) is 17.4 Å². The van der Waals surface area contributed by atoms with E-state index in [-0.39, 0.29) is 17.3 Å². The van der Waals surface area contributed by atoms with Crippen molar-refractivity contribution in [3.05, 3.63) is 46.9 Å². The van der Waals surface area contributed by atoms with Crippen LogP contribution in [0.3, 0.4) is 0 Å². The Morgan fingerprint density at radius 2 is 2.16 bits per heavy atom. The molecule has 3 rings (SSSR count). The minimum atomic E-state index is -2.98. The van der Waals surface area contributed by atoms with E-state index in [9.17, 15) is 13.2 Å². The molecular formula is C15H14F3N4OPS. The molecule has 0 amide bonds. The number of benzene rings is 1. The lowest BCUT2D eigenvalue weighted by molar-refractivity contribution is 0.104. The Balaban J connectivity index is 1.68. The second-order valence-electron chi connectivity index (χ2n) is 5.24. The zero-order valence-electron chi connectivity index (χ0n) is 13.0. The van der Waals surface area contributed by atoms with Crippen molar-refractivity contribution >= 4 is 26.3 Å². The van der Waals surface area contributed by atoms with E-state index in [1.54, 1.807) is 18.3 Å². The molecule has 2 atom stereocenters. The molecular weight excluding hydrogens is 372 g/mol. The van der Waals surface area contributed by atoms with Gasteiger partial charge in [-0.1, -0.05) is 21.4 Å². The highest BCUT2D eigenvalue weighted by atomic mass is 32.1. The lowest BCUT2D eigenvalue weighted by atomic mass is 10.2. The van der Waals surface area contributed by atoms with E-state index in [1.807, 2.05) is 0 Å². The third-order valence-corrected chi connectivity index (χ3v) is 4.56. The molecule has 0 spiro atoms. The Morgan fingerprint density at radius 3 is 2.84 bits per heavy atom. The molecule has 0 saturated carbocycles. The summed E-state index contributed by atoms with van der Waals surface area (Å²) in [6.45, 7) is 1.66.